The minimum absolute atomic E-state index is 0.00654. The van der Waals surface area contributed by atoms with E-state index in [0.717, 1.165) is 19.4 Å². The monoisotopic (exact) mass is 293 g/mol. The summed E-state index contributed by atoms with van der Waals surface area (Å²) in [6.07, 6.45) is 2.96. The van der Waals surface area contributed by atoms with Gasteiger partial charge in [-0.2, -0.15) is 0 Å². The Bertz CT molecular complexity index is 505. The molecule has 1 saturated heterocycles. The summed E-state index contributed by atoms with van der Waals surface area (Å²) in [5.74, 6) is 0.575. The molecule has 0 spiro atoms. The minimum Gasteiger partial charge on any atom is -0.356 e. The summed E-state index contributed by atoms with van der Waals surface area (Å²) in [6.45, 7) is 2.27. The Morgan fingerprint density at radius 3 is 3.00 bits per heavy atom. The van der Waals surface area contributed by atoms with Crippen molar-refractivity contribution in [3.8, 4) is 0 Å². The van der Waals surface area contributed by atoms with Crippen LogP contribution < -0.4 is 16.0 Å². The van der Waals surface area contributed by atoms with Crippen molar-refractivity contribution < 1.29 is 9.72 Å². The van der Waals surface area contributed by atoms with Gasteiger partial charge in [0.1, 0.15) is 12.0 Å². The molecule has 0 aromatic carbocycles. The highest BCUT2D eigenvalue weighted by molar-refractivity contribution is 5.79. The Kier molecular flexibility index (Phi) is 5.04. The standard InChI is InChI=1S/C13H19N5O3/c14-5-6-15-13(19)10-2-1-7-17(9-10)12-4-3-11(8-16-12)18(20)21/h3-4,8,10H,1-2,5-7,9,14H2,(H,15,19). The van der Waals surface area contributed by atoms with Gasteiger partial charge in [0.2, 0.25) is 5.91 Å². The normalized spacial score (nSPS) is 18.3. The van der Waals surface area contributed by atoms with E-state index in [1.165, 1.54) is 12.3 Å². The number of aromatic nitrogens is 1. The van der Waals surface area contributed by atoms with Gasteiger partial charge in [-0.3, -0.25) is 14.9 Å². The van der Waals surface area contributed by atoms with Gasteiger partial charge in [-0.15, -0.1) is 0 Å². The molecule has 0 bridgehead atoms. The topological polar surface area (TPSA) is 114 Å². The number of hydrogen-bond acceptors (Lipinski definition) is 6. The van der Waals surface area contributed by atoms with Crippen LogP contribution in [0.2, 0.25) is 0 Å². The highest BCUT2D eigenvalue weighted by atomic mass is 16.6. The molecule has 8 heteroatoms. The van der Waals surface area contributed by atoms with Crippen LogP contribution in [0.1, 0.15) is 12.8 Å². The SMILES string of the molecule is NCCNC(=O)C1CCCN(c2ccc([N+](=O)[O-])cn2)C1. The first kappa shape index (κ1) is 15.2. The van der Waals surface area contributed by atoms with Gasteiger partial charge in [0.15, 0.2) is 0 Å². The van der Waals surface area contributed by atoms with Gasteiger partial charge < -0.3 is 16.0 Å². The Morgan fingerprint density at radius 2 is 2.38 bits per heavy atom. The van der Waals surface area contributed by atoms with Crippen molar-refractivity contribution in [1.29, 1.82) is 0 Å². The number of nitrogens with one attached hydrogen (secondary N) is 1. The van der Waals surface area contributed by atoms with E-state index in [2.05, 4.69) is 10.3 Å². The maximum atomic E-state index is 12.0. The molecule has 1 aliphatic heterocycles. The molecular weight excluding hydrogens is 274 g/mol. The maximum absolute atomic E-state index is 12.0. The van der Waals surface area contributed by atoms with Gasteiger partial charge in [-0.1, -0.05) is 0 Å². The van der Waals surface area contributed by atoms with Gasteiger partial charge in [-0.25, -0.2) is 4.98 Å². The van der Waals surface area contributed by atoms with E-state index in [1.54, 1.807) is 6.07 Å². The molecule has 0 aliphatic carbocycles. The van der Waals surface area contributed by atoms with E-state index in [-0.39, 0.29) is 17.5 Å². The molecule has 0 saturated carbocycles. The smallest absolute Gasteiger partial charge is 0.287 e. The number of carbonyl (C=O) groups excluding carboxylic acids is 1. The van der Waals surface area contributed by atoms with E-state index >= 15 is 0 Å². The first-order valence-electron chi connectivity index (χ1n) is 6.95. The maximum Gasteiger partial charge on any atom is 0.287 e. The fourth-order valence-electron chi connectivity index (χ4n) is 2.41. The molecule has 114 valence electrons. The molecule has 2 heterocycles. The predicted octanol–water partition coefficient (Wildman–Crippen LogP) is 0.281. The summed E-state index contributed by atoms with van der Waals surface area (Å²) in [4.78, 5) is 28.2. The summed E-state index contributed by atoms with van der Waals surface area (Å²) in [6, 6.07) is 3.05. The molecule has 1 aliphatic rings. The third-order valence-corrected chi connectivity index (χ3v) is 3.50. The van der Waals surface area contributed by atoms with Crippen LogP contribution in [0.25, 0.3) is 0 Å². The van der Waals surface area contributed by atoms with Gasteiger partial charge in [0.25, 0.3) is 5.69 Å². The van der Waals surface area contributed by atoms with Crippen molar-refractivity contribution in [2.24, 2.45) is 11.7 Å². The molecule has 1 aromatic heterocycles. The highest BCUT2D eigenvalue weighted by Gasteiger charge is 2.26. The van der Waals surface area contributed by atoms with Crippen LogP contribution in [-0.2, 0) is 4.79 Å². The number of nitrogens with zero attached hydrogens (tertiary/aromatic N) is 3. The molecular formula is C13H19N5O3. The van der Waals surface area contributed by atoms with Crippen LogP contribution in [0.4, 0.5) is 11.5 Å². The zero-order chi connectivity index (χ0) is 15.2. The van der Waals surface area contributed by atoms with Gasteiger partial charge in [-0.05, 0) is 18.9 Å². The number of hydrogen-bond donors (Lipinski definition) is 2. The van der Waals surface area contributed by atoms with E-state index in [1.807, 2.05) is 4.90 Å². The number of pyridine rings is 1. The van der Waals surface area contributed by atoms with E-state index in [0.29, 0.717) is 25.5 Å². The first-order valence-corrected chi connectivity index (χ1v) is 6.95. The third-order valence-electron chi connectivity index (χ3n) is 3.50. The van der Waals surface area contributed by atoms with Gasteiger partial charge in [0.05, 0.1) is 10.8 Å². The second kappa shape index (κ2) is 6.98. The van der Waals surface area contributed by atoms with Crippen LogP contribution >= 0.6 is 0 Å². The lowest BCUT2D eigenvalue weighted by Gasteiger charge is -2.32. The lowest BCUT2D eigenvalue weighted by molar-refractivity contribution is -0.385. The Morgan fingerprint density at radius 1 is 1.57 bits per heavy atom. The number of nitro groups is 1. The Balaban J connectivity index is 2.00. The van der Waals surface area contributed by atoms with Crippen LogP contribution in [-0.4, -0.2) is 42.0 Å². The number of nitrogens with two attached hydrogens (primary N) is 1. The third kappa shape index (κ3) is 3.88. The zero-order valence-electron chi connectivity index (χ0n) is 11.7. The van der Waals surface area contributed by atoms with Crippen molar-refractivity contribution in [2.75, 3.05) is 31.1 Å². The summed E-state index contributed by atoms with van der Waals surface area (Å²) >= 11 is 0. The number of rotatable bonds is 5. The molecule has 1 fully saturated rings. The zero-order valence-corrected chi connectivity index (χ0v) is 11.7. The van der Waals surface area contributed by atoms with Crippen LogP contribution in [0.5, 0.6) is 0 Å². The van der Waals surface area contributed by atoms with E-state index in [4.69, 9.17) is 5.73 Å². The molecule has 1 aromatic rings. The van der Waals surface area contributed by atoms with Gasteiger partial charge in [0, 0.05) is 32.2 Å². The summed E-state index contributed by atoms with van der Waals surface area (Å²) in [5.41, 5.74) is 5.34. The first-order chi connectivity index (χ1) is 10.1. The number of carbonyl (C=O) groups is 1. The molecule has 1 atom stereocenters. The molecule has 8 nitrogen and oxygen atoms in total. The van der Waals surface area contributed by atoms with Crippen LogP contribution in [0, 0.1) is 16.0 Å². The van der Waals surface area contributed by atoms with Crippen molar-refractivity contribution in [3.63, 3.8) is 0 Å². The largest absolute Gasteiger partial charge is 0.356 e. The second-order valence-electron chi connectivity index (χ2n) is 5.00. The number of piperidine rings is 1. The van der Waals surface area contributed by atoms with Crippen LogP contribution in [0.15, 0.2) is 18.3 Å². The van der Waals surface area contributed by atoms with Crippen LogP contribution in [0.3, 0.4) is 0 Å². The molecule has 0 radical (unpaired) electrons. The van der Waals surface area contributed by atoms with Gasteiger partial charge >= 0.3 is 0 Å². The number of amides is 1. The average molecular weight is 293 g/mol. The lowest BCUT2D eigenvalue weighted by Crippen LogP contribution is -2.44. The van der Waals surface area contributed by atoms with Crippen molar-refractivity contribution in [1.82, 2.24) is 10.3 Å². The quantitative estimate of drug-likeness (QED) is 0.595. The molecule has 21 heavy (non-hydrogen) atoms. The molecule has 1 amide bonds. The fourth-order valence-corrected chi connectivity index (χ4v) is 2.41. The van der Waals surface area contributed by atoms with Crippen molar-refractivity contribution in [2.45, 2.75) is 12.8 Å². The minimum atomic E-state index is -0.476. The van der Waals surface area contributed by atoms with Crippen molar-refractivity contribution in [3.05, 3.63) is 28.4 Å². The van der Waals surface area contributed by atoms with E-state index < -0.39 is 4.92 Å². The molecule has 3 N–H and O–H groups in total. The average Bonchev–Trinajstić information content (AvgIpc) is 2.52. The Hall–Kier alpha value is -2.22. The highest BCUT2D eigenvalue weighted by Crippen LogP contribution is 2.23. The Labute approximate surface area is 122 Å². The molecule has 2 rings (SSSR count). The lowest BCUT2D eigenvalue weighted by atomic mass is 9.97. The second-order valence-corrected chi connectivity index (χ2v) is 5.00. The molecule has 1 unspecified atom stereocenters. The summed E-state index contributed by atoms with van der Waals surface area (Å²) < 4.78 is 0. The summed E-state index contributed by atoms with van der Waals surface area (Å²) in [7, 11) is 0. The van der Waals surface area contributed by atoms with E-state index in [9.17, 15) is 14.9 Å². The predicted molar refractivity (Wildman–Crippen MR) is 77.9 cm³/mol. The van der Waals surface area contributed by atoms with Crippen molar-refractivity contribution >= 4 is 17.4 Å². The fraction of sp³-hybridized carbons (Fsp3) is 0.538. The summed E-state index contributed by atoms with van der Waals surface area (Å²) in [5, 5.41) is 13.4. The number of anilines is 1.